The highest BCUT2D eigenvalue weighted by atomic mass is 32.1. The Hall–Kier alpha value is -1.40. The van der Waals surface area contributed by atoms with E-state index < -0.39 is 0 Å². The van der Waals surface area contributed by atoms with Gasteiger partial charge in [-0.05, 0) is 17.9 Å². The van der Waals surface area contributed by atoms with E-state index in [4.69, 9.17) is 4.42 Å². The first-order valence-corrected chi connectivity index (χ1v) is 7.32. The number of rotatable bonds is 7. The zero-order chi connectivity index (χ0) is 13.7. The van der Waals surface area contributed by atoms with Crippen molar-refractivity contribution in [3.63, 3.8) is 0 Å². The van der Waals surface area contributed by atoms with Crippen molar-refractivity contribution in [2.24, 2.45) is 0 Å². The van der Waals surface area contributed by atoms with Gasteiger partial charge < -0.3 is 14.6 Å². The molecule has 0 bridgehead atoms. The monoisotopic (exact) mass is 280 g/mol. The third-order valence-corrected chi connectivity index (χ3v) is 3.65. The van der Waals surface area contributed by atoms with Crippen LogP contribution in [0.3, 0.4) is 0 Å². The van der Waals surface area contributed by atoms with E-state index in [1.54, 1.807) is 11.3 Å². The summed E-state index contributed by atoms with van der Waals surface area (Å²) < 4.78 is 5.61. The summed E-state index contributed by atoms with van der Waals surface area (Å²) in [6.07, 6.45) is 0.996. The van der Waals surface area contributed by atoms with Crippen LogP contribution in [0.4, 0.5) is 6.01 Å². The number of thiophene rings is 1. The number of hydrogen-bond donors (Lipinski definition) is 1. The van der Waals surface area contributed by atoms with E-state index in [0.29, 0.717) is 24.5 Å². The third kappa shape index (κ3) is 4.33. The molecule has 0 saturated carbocycles. The molecular weight excluding hydrogens is 260 g/mol. The predicted octanol–water partition coefficient (Wildman–Crippen LogP) is 2.31. The average Bonchev–Trinajstić information content (AvgIpc) is 3.04. The third-order valence-electron chi connectivity index (χ3n) is 2.72. The highest BCUT2D eigenvalue weighted by Gasteiger charge is 2.11. The summed E-state index contributed by atoms with van der Waals surface area (Å²) in [4.78, 5) is 3.36. The van der Waals surface area contributed by atoms with Gasteiger partial charge in [-0.15, -0.1) is 16.4 Å². The molecule has 0 unspecified atom stereocenters. The van der Waals surface area contributed by atoms with Crippen LogP contribution in [-0.4, -0.2) is 29.8 Å². The number of hydrogen-bond acceptors (Lipinski definition) is 6. The fourth-order valence-corrected chi connectivity index (χ4v) is 2.29. The van der Waals surface area contributed by atoms with Gasteiger partial charge in [0.1, 0.15) is 0 Å². The van der Waals surface area contributed by atoms with E-state index in [1.165, 1.54) is 4.88 Å². The van der Waals surface area contributed by atoms with Crippen molar-refractivity contribution < 1.29 is 4.42 Å². The molecular formula is C13H20N4OS. The minimum Gasteiger partial charge on any atom is -0.407 e. The Balaban J connectivity index is 1.83. The Morgan fingerprint density at radius 3 is 2.95 bits per heavy atom. The summed E-state index contributed by atoms with van der Waals surface area (Å²) in [6.45, 7) is 5.66. The van der Waals surface area contributed by atoms with Crippen LogP contribution in [0.5, 0.6) is 0 Å². The summed E-state index contributed by atoms with van der Waals surface area (Å²) in [5.74, 6) is 0.631. The molecule has 0 spiro atoms. The Morgan fingerprint density at radius 2 is 2.26 bits per heavy atom. The lowest BCUT2D eigenvalue weighted by Crippen LogP contribution is -2.22. The van der Waals surface area contributed by atoms with Crippen LogP contribution in [0.2, 0.25) is 0 Å². The number of nitrogens with one attached hydrogen (secondary N) is 1. The van der Waals surface area contributed by atoms with Gasteiger partial charge in [0.05, 0.1) is 6.54 Å². The molecule has 0 aromatic carbocycles. The molecule has 1 N–H and O–H groups in total. The average molecular weight is 280 g/mol. The second kappa shape index (κ2) is 6.68. The van der Waals surface area contributed by atoms with Gasteiger partial charge in [0.15, 0.2) is 0 Å². The minimum absolute atomic E-state index is 0.409. The van der Waals surface area contributed by atoms with Crippen molar-refractivity contribution in [3.05, 3.63) is 28.3 Å². The van der Waals surface area contributed by atoms with Crippen LogP contribution >= 0.6 is 11.3 Å². The first-order valence-electron chi connectivity index (χ1n) is 6.44. The molecule has 0 fully saturated rings. The molecule has 0 aliphatic carbocycles. The number of anilines is 1. The first-order chi connectivity index (χ1) is 9.15. The van der Waals surface area contributed by atoms with Gasteiger partial charge in [-0.1, -0.05) is 25.0 Å². The molecule has 2 heterocycles. The normalized spacial score (nSPS) is 11.2. The van der Waals surface area contributed by atoms with Crippen molar-refractivity contribution in [1.82, 2.24) is 15.5 Å². The maximum absolute atomic E-state index is 5.61. The quantitative estimate of drug-likeness (QED) is 0.843. The van der Waals surface area contributed by atoms with Crippen molar-refractivity contribution in [1.29, 1.82) is 0 Å². The molecule has 2 aromatic heterocycles. The van der Waals surface area contributed by atoms with Crippen LogP contribution in [0.1, 0.15) is 24.6 Å². The van der Waals surface area contributed by atoms with Crippen molar-refractivity contribution in [2.75, 3.05) is 18.5 Å². The lowest BCUT2D eigenvalue weighted by Gasteiger charge is -2.12. The molecule has 0 aliphatic heterocycles. The molecule has 0 radical (unpaired) electrons. The Kier molecular flexibility index (Phi) is 4.93. The van der Waals surface area contributed by atoms with Crippen LogP contribution in [0.25, 0.3) is 0 Å². The van der Waals surface area contributed by atoms with E-state index in [9.17, 15) is 0 Å². The lowest BCUT2D eigenvalue weighted by atomic mass is 10.3. The standard InChI is InChI=1S/C13H20N4OS/c1-10(2)14-9-12-15-16-13(18-12)17(3)7-6-11-5-4-8-19-11/h4-5,8,10,14H,6-7,9H2,1-3H3. The molecule has 0 aliphatic rings. The van der Waals surface area contributed by atoms with E-state index in [1.807, 2.05) is 11.9 Å². The molecule has 6 heteroatoms. The van der Waals surface area contributed by atoms with E-state index in [0.717, 1.165) is 13.0 Å². The molecule has 104 valence electrons. The first kappa shape index (κ1) is 14.0. The van der Waals surface area contributed by atoms with Crippen LogP contribution in [-0.2, 0) is 13.0 Å². The predicted molar refractivity (Wildman–Crippen MR) is 77.6 cm³/mol. The zero-order valence-corrected chi connectivity index (χ0v) is 12.4. The van der Waals surface area contributed by atoms with Crippen molar-refractivity contribution in [2.45, 2.75) is 32.9 Å². The lowest BCUT2D eigenvalue weighted by molar-refractivity contribution is 0.450. The minimum atomic E-state index is 0.409. The Bertz CT molecular complexity index is 481. The fraction of sp³-hybridized carbons (Fsp3) is 0.538. The van der Waals surface area contributed by atoms with Gasteiger partial charge in [0.2, 0.25) is 5.89 Å². The molecule has 0 amide bonds. The molecule has 0 saturated heterocycles. The molecule has 2 aromatic rings. The second-order valence-corrected chi connectivity index (χ2v) is 5.80. The molecule has 5 nitrogen and oxygen atoms in total. The van der Waals surface area contributed by atoms with Gasteiger partial charge in [0.25, 0.3) is 0 Å². The Labute approximate surface area is 117 Å². The SMILES string of the molecule is CC(C)NCc1nnc(N(C)CCc2cccs2)o1. The summed E-state index contributed by atoms with van der Waals surface area (Å²) in [5.41, 5.74) is 0. The van der Waals surface area contributed by atoms with Gasteiger partial charge >= 0.3 is 6.01 Å². The summed E-state index contributed by atoms with van der Waals surface area (Å²) in [5, 5.41) is 13.5. The van der Waals surface area contributed by atoms with E-state index >= 15 is 0 Å². The van der Waals surface area contributed by atoms with Crippen molar-refractivity contribution >= 4 is 17.4 Å². The van der Waals surface area contributed by atoms with Crippen LogP contribution < -0.4 is 10.2 Å². The van der Waals surface area contributed by atoms with E-state index in [2.05, 4.69) is 46.9 Å². The van der Waals surface area contributed by atoms with Gasteiger partial charge in [-0.2, -0.15) is 0 Å². The maximum Gasteiger partial charge on any atom is 0.317 e. The van der Waals surface area contributed by atoms with Gasteiger partial charge in [-0.3, -0.25) is 0 Å². The topological polar surface area (TPSA) is 54.2 Å². The Morgan fingerprint density at radius 1 is 1.42 bits per heavy atom. The maximum atomic E-state index is 5.61. The zero-order valence-electron chi connectivity index (χ0n) is 11.6. The van der Waals surface area contributed by atoms with Crippen LogP contribution in [0.15, 0.2) is 21.9 Å². The summed E-state index contributed by atoms with van der Waals surface area (Å²) in [7, 11) is 1.97. The number of aromatic nitrogens is 2. The largest absolute Gasteiger partial charge is 0.407 e. The van der Waals surface area contributed by atoms with Gasteiger partial charge in [-0.25, -0.2) is 0 Å². The molecule has 2 rings (SSSR count). The highest BCUT2D eigenvalue weighted by Crippen LogP contribution is 2.13. The summed E-state index contributed by atoms with van der Waals surface area (Å²) in [6, 6.07) is 5.20. The number of nitrogens with zero attached hydrogens (tertiary/aromatic N) is 3. The second-order valence-electron chi connectivity index (χ2n) is 4.76. The smallest absolute Gasteiger partial charge is 0.317 e. The summed E-state index contributed by atoms with van der Waals surface area (Å²) >= 11 is 1.77. The van der Waals surface area contributed by atoms with Crippen molar-refractivity contribution in [3.8, 4) is 0 Å². The van der Waals surface area contributed by atoms with Crippen LogP contribution in [0, 0.1) is 0 Å². The molecule has 0 atom stereocenters. The fourth-order valence-electron chi connectivity index (χ4n) is 1.59. The highest BCUT2D eigenvalue weighted by molar-refractivity contribution is 7.09. The van der Waals surface area contributed by atoms with Gasteiger partial charge in [0, 0.05) is 24.5 Å². The number of likely N-dealkylation sites (N-methyl/N-ethyl adjacent to an activating group) is 1. The molecule has 19 heavy (non-hydrogen) atoms. The van der Waals surface area contributed by atoms with E-state index in [-0.39, 0.29) is 0 Å².